The highest BCUT2D eigenvalue weighted by molar-refractivity contribution is 5.80. The van der Waals surface area contributed by atoms with E-state index in [9.17, 15) is 9.59 Å². The molecule has 8 heteroatoms. The average molecular weight is 371 g/mol. The summed E-state index contributed by atoms with van der Waals surface area (Å²) in [5.74, 6) is 0.456. The number of urea groups is 1. The number of carbonyl (C=O) groups is 2. The Labute approximate surface area is 158 Å². The van der Waals surface area contributed by atoms with Crippen LogP contribution >= 0.6 is 0 Å². The van der Waals surface area contributed by atoms with Crippen LogP contribution < -0.4 is 10.1 Å². The number of hydrogen-bond acceptors (Lipinski definition) is 4. The Bertz CT molecular complexity index is 803. The third kappa shape index (κ3) is 4.58. The third-order valence-electron chi connectivity index (χ3n) is 4.37. The zero-order valence-electron chi connectivity index (χ0n) is 15.9. The van der Waals surface area contributed by atoms with Crippen molar-refractivity contribution < 1.29 is 14.3 Å². The first-order valence-electron chi connectivity index (χ1n) is 8.95. The maximum Gasteiger partial charge on any atom is 0.319 e. The molecule has 0 saturated heterocycles. The van der Waals surface area contributed by atoms with Gasteiger partial charge in [0.05, 0.1) is 31.0 Å². The Morgan fingerprint density at radius 1 is 1.26 bits per heavy atom. The van der Waals surface area contributed by atoms with Crippen molar-refractivity contribution in [2.45, 2.75) is 32.7 Å². The van der Waals surface area contributed by atoms with E-state index in [0.717, 1.165) is 11.4 Å². The zero-order chi connectivity index (χ0) is 19.4. The molecule has 1 aromatic carbocycles. The Kier molecular flexibility index (Phi) is 5.63. The second-order valence-corrected chi connectivity index (χ2v) is 6.74. The fraction of sp³-hybridized carbons (Fsp3) is 0.421. The first-order chi connectivity index (χ1) is 12.9. The molecule has 3 amide bonds. The molecule has 1 aliphatic rings. The van der Waals surface area contributed by atoms with Gasteiger partial charge in [-0.05, 0) is 25.1 Å². The Morgan fingerprint density at radius 2 is 2.00 bits per heavy atom. The van der Waals surface area contributed by atoms with Gasteiger partial charge in [0.1, 0.15) is 5.75 Å². The quantitative estimate of drug-likeness (QED) is 0.863. The molecular formula is C19H25N5O3. The summed E-state index contributed by atoms with van der Waals surface area (Å²) in [4.78, 5) is 27.7. The number of aromatic nitrogens is 2. The van der Waals surface area contributed by atoms with Crippen LogP contribution in [0.2, 0.25) is 0 Å². The number of rotatable bonds is 5. The van der Waals surface area contributed by atoms with Crippen LogP contribution in [0.1, 0.15) is 18.3 Å². The first kappa shape index (κ1) is 18.8. The molecule has 1 N–H and O–H groups in total. The SMILES string of the molecule is CC(Oc1ccccc1)C(=O)NCc1cc2n(n1)CCN(C(=O)N(C)C)C2. The molecule has 8 nitrogen and oxygen atoms in total. The van der Waals surface area contributed by atoms with Crippen molar-refractivity contribution in [3.05, 3.63) is 47.8 Å². The molecule has 0 aliphatic carbocycles. The van der Waals surface area contributed by atoms with Crippen LogP contribution in [0.25, 0.3) is 0 Å². The number of para-hydroxylation sites is 1. The number of carbonyl (C=O) groups excluding carboxylic acids is 2. The number of ether oxygens (including phenoxy) is 1. The molecule has 0 spiro atoms. The highest BCUT2D eigenvalue weighted by atomic mass is 16.5. The van der Waals surface area contributed by atoms with Gasteiger partial charge in [-0.15, -0.1) is 0 Å². The van der Waals surface area contributed by atoms with Crippen molar-refractivity contribution in [1.82, 2.24) is 24.9 Å². The highest BCUT2D eigenvalue weighted by Crippen LogP contribution is 2.15. The highest BCUT2D eigenvalue weighted by Gasteiger charge is 2.23. The van der Waals surface area contributed by atoms with Gasteiger partial charge in [0.2, 0.25) is 0 Å². The molecule has 27 heavy (non-hydrogen) atoms. The normalized spacial score (nSPS) is 14.3. The molecule has 1 unspecified atom stereocenters. The maximum atomic E-state index is 12.3. The minimum atomic E-state index is -0.599. The molecule has 0 fully saturated rings. The summed E-state index contributed by atoms with van der Waals surface area (Å²) in [6.45, 7) is 3.83. The van der Waals surface area contributed by atoms with E-state index in [2.05, 4.69) is 10.4 Å². The van der Waals surface area contributed by atoms with Gasteiger partial charge in [0, 0.05) is 20.6 Å². The van der Waals surface area contributed by atoms with Crippen LogP contribution in [0.4, 0.5) is 4.79 Å². The van der Waals surface area contributed by atoms with Gasteiger partial charge in [0.15, 0.2) is 6.10 Å². The molecule has 144 valence electrons. The average Bonchev–Trinajstić information content (AvgIpc) is 3.08. The molecular weight excluding hydrogens is 346 g/mol. The van der Waals surface area contributed by atoms with Gasteiger partial charge in [0.25, 0.3) is 5.91 Å². The Balaban J connectivity index is 1.54. The van der Waals surface area contributed by atoms with Gasteiger partial charge >= 0.3 is 6.03 Å². The largest absolute Gasteiger partial charge is 0.481 e. The number of benzene rings is 1. The molecule has 3 rings (SSSR count). The molecule has 1 aromatic heterocycles. The molecule has 1 atom stereocenters. The van der Waals surface area contributed by atoms with E-state index in [4.69, 9.17) is 4.74 Å². The predicted octanol–water partition coefficient (Wildman–Crippen LogP) is 1.46. The smallest absolute Gasteiger partial charge is 0.319 e. The summed E-state index contributed by atoms with van der Waals surface area (Å²) in [5.41, 5.74) is 1.73. The van der Waals surface area contributed by atoms with Crippen LogP contribution in [0.5, 0.6) is 5.75 Å². The minimum absolute atomic E-state index is 0.0100. The zero-order valence-corrected chi connectivity index (χ0v) is 15.9. The molecule has 0 radical (unpaired) electrons. The lowest BCUT2D eigenvalue weighted by molar-refractivity contribution is -0.127. The topological polar surface area (TPSA) is 79.7 Å². The molecule has 1 aliphatic heterocycles. The van der Waals surface area contributed by atoms with Crippen LogP contribution in [-0.2, 0) is 24.4 Å². The summed E-state index contributed by atoms with van der Waals surface area (Å²) in [6, 6.07) is 11.2. The fourth-order valence-electron chi connectivity index (χ4n) is 2.94. The van der Waals surface area contributed by atoms with Crippen molar-refractivity contribution in [2.24, 2.45) is 0 Å². The van der Waals surface area contributed by atoms with Crippen molar-refractivity contribution in [1.29, 1.82) is 0 Å². The molecule has 0 saturated carbocycles. The van der Waals surface area contributed by atoms with E-state index in [1.807, 2.05) is 41.1 Å². The van der Waals surface area contributed by atoms with Crippen LogP contribution in [-0.4, -0.2) is 58.3 Å². The minimum Gasteiger partial charge on any atom is -0.481 e. The van der Waals surface area contributed by atoms with Gasteiger partial charge in [-0.25, -0.2) is 4.79 Å². The van der Waals surface area contributed by atoms with Crippen molar-refractivity contribution in [2.75, 3.05) is 20.6 Å². The molecule has 0 bridgehead atoms. The lowest BCUT2D eigenvalue weighted by atomic mass is 10.3. The van der Waals surface area contributed by atoms with Crippen molar-refractivity contribution in [3.63, 3.8) is 0 Å². The van der Waals surface area contributed by atoms with Gasteiger partial charge < -0.3 is 19.9 Å². The number of nitrogens with zero attached hydrogens (tertiary/aromatic N) is 4. The van der Waals surface area contributed by atoms with Crippen molar-refractivity contribution >= 4 is 11.9 Å². The number of amides is 3. The Morgan fingerprint density at radius 3 is 2.70 bits per heavy atom. The van der Waals surface area contributed by atoms with Gasteiger partial charge in [-0.1, -0.05) is 18.2 Å². The van der Waals surface area contributed by atoms with E-state index in [-0.39, 0.29) is 11.9 Å². The lowest BCUT2D eigenvalue weighted by Crippen LogP contribution is -2.43. The van der Waals surface area contributed by atoms with Crippen LogP contribution in [0.15, 0.2) is 36.4 Å². The second-order valence-electron chi connectivity index (χ2n) is 6.74. The summed E-state index contributed by atoms with van der Waals surface area (Å²) in [6.07, 6.45) is -0.599. The first-order valence-corrected chi connectivity index (χ1v) is 8.95. The van der Waals surface area contributed by atoms with E-state index in [0.29, 0.717) is 31.9 Å². The van der Waals surface area contributed by atoms with E-state index in [1.165, 1.54) is 0 Å². The molecule has 2 aromatic rings. The standard InChI is InChI=1S/C19H25N5O3/c1-14(27-17-7-5-4-6-8-17)18(25)20-12-15-11-16-13-23(19(26)22(2)3)9-10-24(16)21-15/h4-8,11,14H,9-10,12-13H2,1-3H3,(H,20,25). The van der Waals surface area contributed by atoms with E-state index in [1.54, 1.807) is 30.8 Å². The van der Waals surface area contributed by atoms with E-state index >= 15 is 0 Å². The number of nitrogens with one attached hydrogen (secondary N) is 1. The van der Waals surface area contributed by atoms with Crippen LogP contribution in [0, 0.1) is 0 Å². The monoisotopic (exact) mass is 371 g/mol. The van der Waals surface area contributed by atoms with Crippen LogP contribution in [0.3, 0.4) is 0 Å². The van der Waals surface area contributed by atoms with Gasteiger partial charge in [-0.3, -0.25) is 9.48 Å². The van der Waals surface area contributed by atoms with Crippen molar-refractivity contribution in [3.8, 4) is 5.75 Å². The predicted molar refractivity (Wildman–Crippen MR) is 100 cm³/mol. The summed E-state index contributed by atoms with van der Waals surface area (Å²) < 4.78 is 7.52. The number of hydrogen-bond donors (Lipinski definition) is 1. The number of fused-ring (bicyclic) bond motifs is 1. The third-order valence-corrected chi connectivity index (χ3v) is 4.37. The summed E-state index contributed by atoms with van der Waals surface area (Å²) in [7, 11) is 3.49. The lowest BCUT2D eigenvalue weighted by Gasteiger charge is -2.29. The summed E-state index contributed by atoms with van der Waals surface area (Å²) in [5, 5.41) is 7.37. The summed E-state index contributed by atoms with van der Waals surface area (Å²) >= 11 is 0. The Hall–Kier alpha value is -3.03. The maximum absolute atomic E-state index is 12.3. The fourth-order valence-corrected chi connectivity index (χ4v) is 2.94. The molecule has 2 heterocycles. The second kappa shape index (κ2) is 8.11. The van der Waals surface area contributed by atoms with Gasteiger partial charge in [-0.2, -0.15) is 5.10 Å². The van der Waals surface area contributed by atoms with E-state index < -0.39 is 6.10 Å².